The molecule has 0 N–H and O–H groups in total. The Bertz CT molecular complexity index is 320. The van der Waals surface area contributed by atoms with E-state index in [-0.39, 0.29) is 11.8 Å². The first-order valence-corrected chi connectivity index (χ1v) is 6.70. The molecule has 0 radical (unpaired) electrons. The van der Waals surface area contributed by atoms with E-state index in [1.165, 1.54) is 18.4 Å². The third kappa shape index (κ3) is 5.23. The lowest BCUT2D eigenvalue weighted by molar-refractivity contribution is -0.128. The van der Waals surface area contributed by atoms with Crippen LogP contribution >= 0.6 is 11.6 Å². The predicted molar refractivity (Wildman–Crippen MR) is 68.7 cm³/mol. The molecule has 3 nitrogen and oxygen atoms in total. The molecule has 0 aromatic rings. The number of carbonyl (C=O) groups is 1. The van der Waals surface area contributed by atoms with Crippen molar-refractivity contribution in [3.05, 3.63) is 11.6 Å². The molecular formula is C13H19ClN2O. The molecule has 0 saturated heterocycles. The fraction of sp³-hybridized carbons (Fsp3) is 0.692. The van der Waals surface area contributed by atoms with Crippen LogP contribution < -0.4 is 0 Å². The van der Waals surface area contributed by atoms with E-state index >= 15 is 0 Å². The number of amides is 1. The molecule has 0 heterocycles. The minimum absolute atomic E-state index is 0.00444. The van der Waals surface area contributed by atoms with Crippen LogP contribution in [-0.2, 0) is 4.79 Å². The van der Waals surface area contributed by atoms with Crippen molar-refractivity contribution in [2.75, 3.05) is 19.0 Å². The van der Waals surface area contributed by atoms with E-state index in [9.17, 15) is 4.79 Å². The highest BCUT2D eigenvalue weighted by Gasteiger charge is 2.13. The second-order valence-corrected chi connectivity index (χ2v) is 4.55. The number of alkyl halides is 1. The summed E-state index contributed by atoms with van der Waals surface area (Å²) in [5, 5.41) is 8.55. The van der Waals surface area contributed by atoms with E-state index in [2.05, 4.69) is 12.1 Å². The number of halogens is 1. The molecule has 0 fully saturated rings. The van der Waals surface area contributed by atoms with Crippen molar-refractivity contribution < 1.29 is 4.79 Å². The average molecular weight is 255 g/mol. The van der Waals surface area contributed by atoms with Crippen LogP contribution in [0.4, 0.5) is 0 Å². The Hall–Kier alpha value is -1.01. The zero-order valence-corrected chi connectivity index (χ0v) is 10.9. The van der Waals surface area contributed by atoms with Gasteiger partial charge in [0.15, 0.2) is 0 Å². The molecule has 0 unspecified atom stereocenters. The highest BCUT2D eigenvalue weighted by molar-refractivity contribution is 6.27. The average Bonchev–Trinajstić information content (AvgIpc) is 2.39. The SMILES string of the molecule is N#CCCN(CCC1=CCCCC1)C(=O)CCl. The minimum Gasteiger partial charge on any atom is -0.340 e. The van der Waals surface area contributed by atoms with Crippen molar-refractivity contribution in [1.29, 1.82) is 5.26 Å². The van der Waals surface area contributed by atoms with Gasteiger partial charge in [-0.3, -0.25) is 4.79 Å². The van der Waals surface area contributed by atoms with Crippen LogP contribution in [0, 0.1) is 11.3 Å². The Kier molecular flexibility index (Phi) is 6.73. The summed E-state index contributed by atoms with van der Waals surface area (Å²) in [6.45, 7) is 1.19. The summed E-state index contributed by atoms with van der Waals surface area (Å²) < 4.78 is 0. The van der Waals surface area contributed by atoms with Gasteiger partial charge in [0.25, 0.3) is 0 Å². The largest absolute Gasteiger partial charge is 0.340 e. The number of nitrogens with zero attached hydrogens (tertiary/aromatic N) is 2. The van der Waals surface area contributed by atoms with Crippen molar-refractivity contribution in [3.63, 3.8) is 0 Å². The zero-order chi connectivity index (χ0) is 12.5. The Morgan fingerprint density at radius 1 is 1.47 bits per heavy atom. The molecule has 4 heteroatoms. The van der Waals surface area contributed by atoms with Crippen LogP contribution in [0.2, 0.25) is 0 Å². The van der Waals surface area contributed by atoms with Gasteiger partial charge in [0.1, 0.15) is 5.88 Å². The summed E-state index contributed by atoms with van der Waals surface area (Å²) in [5.41, 5.74) is 1.44. The van der Waals surface area contributed by atoms with Gasteiger partial charge in [-0.1, -0.05) is 11.6 Å². The molecular weight excluding hydrogens is 236 g/mol. The molecule has 94 valence electrons. The second-order valence-electron chi connectivity index (χ2n) is 4.28. The van der Waals surface area contributed by atoms with E-state index in [0.29, 0.717) is 19.5 Å². The maximum atomic E-state index is 11.6. The monoisotopic (exact) mass is 254 g/mol. The number of carbonyl (C=O) groups excluding carboxylic acids is 1. The first-order valence-electron chi connectivity index (χ1n) is 6.16. The van der Waals surface area contributed by atoms with E-state index in [0.717, 1.165) is 19.3 Å². The minimum atomic E-state index is -0.0710. The lowest BCUT2D eigenvalue weighted by atomic mass is 9.97. The number of allylic oxidation sites excluding steroid dienone is 1. The molecule has 0 bridgehead atoms. The van der Waals surface area contributed by atoms with Crippen LogP contribution in [-0.4, -0.2) is 29.8 Å². The molecule has 17 heavy (non-hydrogen) atoms. The fourth-order valence-electron chi connectivity index (χ4n) is 2.04. The first-order chi connectivity index (χ1) is 8.27. The maximum Gasteiger partial charge on any atom is 0.237 e. The molecule has 1 amide bonds. The molecule has 0 atom stereocenters. The first kappa shape index (κ1) is 14.1. The standard InChI is InChI=1S/C13H19ClN2O/c14-11-13(17)16(9-4-8-15)10-7-12-5-2-1-3-6-12/h5H,1-4,6-7,9-11H2. The van der Waals surface area contributed by atoms with Crippen LogP contribution in [0.25, 0.3) is 0 Å². The summed E-state index contributed by atoms with van der Waals surface area (Å²) in [6, 6.07) is 2.06. The highest BCUT2D eigenvalue weighted by atomic mass is 35.5. The van der Waals surface area contributed by atoms with Gasteiger partial charge in [-0.2, -0.15) is 5.26 Å². The Morgan fingerprint density at radius 2 is 2.29 bits per heavy atom. The summed E-state index contributed by atoms with van der Waals surface area (Å²) in [6.07, 6.45) is 8.45. The third-order valence-corrected chi connectivity index (χ3v) is 3.28. The van der Waals surface area contributed by atoms with Gasteiger partial charge < -0.3 is 4.90 Å². The van der Waals surface area contributed by atoms with Crippen molar-refractivity contribution in [2.45, 2.75) is 38.5 Å². The lowest BCUT2D eigenvalue weighted by Gasteiger charge is -2.22. The second kappa shape index (κ2) is 8.14. The summed E-state index contributed by atoms with van der Waals surface area (Å²) >= 11 is 5.56. The molecule has 1 aliphatic carbocycles. The third-order valence-electron chi connectivity index (χ3n) is 3.05. The van der Waals surface area contributed by atoms with E-state index in [4.69, 9.17) is 16.9 Å². The topological polar surface area (TPSA) is 44.1 Å². The molecule has 0 aromatic heterocycles. The van der Waals surface area contributed by atoms with Gasteiger partial charge in [-0.15, -0.1) is 11.6 Å². The zero-order valence-electron chi connectivity index (χ0n) is 10.1. The smallest absolute Gasteiger partial charge is 0.237 e. The fourth-order valence-corrected chi connectivity index (χ4v) is 2.21. The molecule has 0 spiro atoms. The van der Waals surface area contributed by atoms with Crippen LogP contribution in [0.3, 0.4) is 0 Å². The van der Waals surface area contributed by atoms with Gasteiger partial charge in [0.2, 0.25) is 5.91 Å². The van der Waals surface area contributed by atoms with Gasteiger partial charge in [0.05, 0.1) is 12.5 Å². The van der Waals surface area contributed by atoms with E-state index < -0.39 is 0 Å². The summed E-state index contributed by atoms with van der Waals surface area (Å²) in [7, 11) is 0. The molecule has 0 aromatic carbocycles. The van der Waals surface area contributed by atoms with Crippen molar-refractivity contribution in [3.8, 4) is 6.07 Å². The van der Waals surface area contributed by atoms with Gasteiger partial charge in [-0.25, -0.2) is 0 Å². The van der Waals surface area contributed by atoms with Gasteiger partial charge in [-0.05, 0) is 32.1 Å². The summed E-state index contributed by atoms with van der Waals surface area (Å²) in [4.78, 5) is 13.3. The maximum absolute atomic E-state index is 11.6. The number of rotatable bonds is 6. The Balaban J connectivity index is 2.40. The number of nitriles is 1. The lowest BCUT2D eigenvalue weighted by Crippen LogP contribution is -2.34. The molecule has 1 rings (SSSR count). The normalized spacial score (nSPS) is 14.9. The predicted octanol–water partition coefficient (Wildman–Crippen LogP) is 2.86. The molecule has 0 saturated carbocycles. The van der Waals surface area contributed by atoms with E-state index in [1.54, 1.807) is 4.90 Å². The van der Waals surface area contributed by atoms with Crippen LogP contribution in [0.5, 0.6) is 0 Å². The molecule has 0 aliphatic heterocycles. The van der Waals surface area contributed by atoms with Gasteiger partial charge >= 0.3 is 0 Å². The van der Waals surface area contributed by atoms with Crippen LogP contribution in [0.1, 0.15) is 38.5 Å². The van der Waals surface area contributed by atoms with Crippen molar-refractivity contribution in [2.24, 2.45) is 0 Å². The number of hydrogen-bond acceptors (Lipinski definition) is 2. The van der Waals surface area contributed by atoms with E-state index in [1.807, 2.05) is 0 Å². The van der Waals surface area contributed by atoms with Gasteiger partial charge in [0, 0.05) is 13.1 Å². The van der Waals surface area contributed by atoms with Crippen molar-refractivity contribution >= 4 is 17.5 Å². The van der Waals surface area contributed by atoms with Crippen molar-refractivity contribution in [1.82, 2.24) is 4.90 Å². The molecule has 1 aliphatic rings. The Labute approximate surface area is 108 Å². The Morgan fingerprint density at radius 3 is 2.88 bits per heavy atom. The quantitative estimate of drug-likeness (QED) is 0.540. The number of hydrogen-bond donors (Lipinski definition) is 0. The highest BCUT2D eigenvalue weighted by Crippen LogP contribution is 2.20. The summed E-state index contributed by atoms with van der Waals surface area (Å²) in [5.74, 6) is -0.0666. The van der Waals surface area contributed by atoms with Crippen LogP contribution in [0.15, 0.2) is 11.6 Å².